The molecule has 7 nitrogen and oxygen atoms in total. The lowest BCUT2D eigenvalue weighted by atomic mass is 9.85. The molecule has 1 N–H and O–H groups in total. The number of nitrogens with zero attached hydrogens (tertiary/aromatic N) is 4. The maximum Gasteiger partial charge on any atom is 0.227 e. The van der Waals surface area contributed by atoms with Crippen LogP contribution in [0.1, 0.15) is 62.5 Å². The molecule has 0 radical (unpaired) electrons. The van der Waals surface area contributed by atoms with E-state index in [2.05, 4.69) is 70.2 Å². The minimum absolute atomic E-state index is 0.00205. The number of benzene rings is 2. The van der Waals surface area contributed by atoms with E-state index in [1.54, 1.807) is 4.90 Å². The van der Waals surface area contributed by atoms with Gasteiger partial charge in [0, 0.05) is 38.1 Å². The summed E-state index contributed by atoms with van der Waals surface area (Å²) in [5.74, 6) is 1.89. The van der Waals surface area contributed by atoms with Gasteiger partial charge in [-0.1, -0.05) is 49.4 Å². The summed E-state index contributed by atoms with van der Waals surface area (Å²) >= 11 is 0. The van der Waals surface area contributed by atoms with Crippen LogP contribution in [-0.4, -0.2) is 63.4 Å². The first kappa shape index (κ1) is 25.1. The molecule has 6 rings (SSSR count). The van der Waals surface area contributed by atoms with E-state index in [0.717, 1.165) is 37.3 Å². The highest BCUT2D eigenvalue weighted by Gasteiger charge is 2.42. The fourth-order valence-corrected chi connectivity index (χ4v) is 7.12. The molecule has 4 unspecified atom stereocenters. The molecule has 4 heterocycles. The SMILES string of the molecule is CCC(=O)N1CC(C(=O)N[C@@H](CCC2C3CCN2CC(n2c(C)nc4ccccc42)C3)c2ccccc2)C1. The molecule has 0 aliphatic carbocycles. The fourth-order valence-electron chi connectivity index (χ4n) is 7.12. The van der Waals surface area contributed by atoms with Gasteiger partial charge < -0.3 is 14.8 Å². The van der Waals surface area contributed by atoms with Crippen molar-refractivity contribution in [3.63, 3.8) is 0 Å². The molecule has 3 fully saturated rings. The third kappa shape index (κ3) is 4.73. The molecule has 3 aliphatic heterocycles. The standard InChI is InChI=1S/C31H39N5O2/c1-3-30(37)35-18-24(19-35)31(38)33-26(22-9-5-4-6-10-22)13-14-28-23-15-16-34(28)20-25(17-23)36-21(2)32-27-11-7-8-12-29(27)36/h4-12,23-26,28H,3,13-20H2,1-2H3,(H,33,38)/t23?,25?,26-,28?/m0/s1. The Hall–Kier alpha value is -3.19. The Morgan fingerprint density at radius 3 is 2.58 bits per heavy atom. The summed E-state index contributed by atoms with van der Waals surface area (Å²) in [6.07, 6.45) is 4.94. The van der Waals surface area contributed by atoms with Crippen LogP contribution in [0.5, 0.6) is 0 Å². The van der Waals surface area contributed by atoms with Gasteiger partial charge in [0.1, 0.15) is 5.82 Å². The lowest BCUT2D eigenvalue weighted by Gasteiger charge is -2.40. The number of nitrogens with one attached hydrogen (secondary N) is 1. The van der Waals surface area contributed by atoms with Gasteiger partial charge in [-0.2, -0.15) is 0 Å². The van der Waals surface area contributed by atoms with Gasteiger partial charge in [0.05, 0.1) is 23.0 Å². The van der Waals surface area contributed by atoms with Gasteiger partial charge in [-0.3, -0.25) is 14.5 Å². The lowest BCUT2D eigenvalue weighted by molar-refractivity contribution is -0.143. The Bertz CT molecular complexity index is 1280. The average Bonchev–Trinajstić information content (AvgIpc) is 3.36. The second kappa shape index (κ2) is 10.5. The summed E-state index contributed by atoms with van der Waals surface area (Å²) in [4.78, 5) is 34.3. The van der Waals surface area contributed by atoms with E-state index in [9.17, 15) is 9.59 Å². The number of imidazole rings is 1. The summed E-state index contributed by atoms with van der Waals surface area (Å²) in [6, 6.07) is 19.9. The molecule has 7 heteroatoms. The summed E-state index contributed by atoms with van der Waals surface area (Å²) in [6.45, 7) is 7.31. The van der Waals surface area contributed by atoms with Crippen molar-refractivity contribution in [3.8, 4) is 0 Å². The van der Waals surface area contributed by atoms with Crippen LogP contribution in [0.25, 0.3) is 11.0 Å². The van der Waals surface area contributed by atoms with E-state index in [0.29, 0.717) is 37.5 Å². The average molecular weight is 514 g/mol. The first-order valence-corrected chi connectivity index (χ1v) is 14.3. The number of aromatic nitrogens is 2. The van der Waals surface area contributed by atoms with Gasteiger partial charge in [-0.15, -0.1) is 0 Å². The van der Waals surface area contributed by atoms with E-state index in [1.807, 2.05) is 13.0 Å². The van der Waals surface area contributed by atoms with Crippen molar-refractivity contribution in [2.24, 2.45) is 11.8 Å². The maximum absolute atomic E-state index is 13.1. The number of likely N-dealkylation sites (tertiary alicyclic amines) is 1. The molecule has 0 spiro atoms. The van der Waals surface area contributed by atoms with Crippen LogP contribution in [-0.2, 0) is 9.59 Å². The molecule has 2 aromatic carbocycles. The quantitative estimate of drug-likeness (QED) is 0.482. The second-order valence-corrected chi connectivity index (χ2v) is 11.4. The second-order valence-electron chi connectivity index (χ2n) is 11.4. The molecule has 3 aromatic rings. The third-order valence-corrected chi connectivity index (χ3v) is 9.13. The number of para-hydroxylation sites is 2. The van der Waals surface area contributed by atoms with Gasteiger partial charge in [-0.25, -0.2) is 4.98 Å². The van der Waals surface area contributed by atoms with E-state index < -0.39 is 0 Å². The van der Waals surface area contributed by atoms with Crippen LogP contribution < -0.4 is 5.32 Å². The van der Waals surface area contributed by atoms with Gasteiger partial charge >= 0.3 is 0 Å². The van der Waals surface area contributed by atoms with Crippen LogP contribution in [0.2, 0.25) is 0 Å². The lowest BCUT2D eigenvalue weighted by Crippen LogP contribution is -2.56. The fraction of sp³-hybridized carbons (Fsp3) is 0.516. The van der Waals surface area contributed by atoms with Crippen molar-refractivity contribution in [1.82, 2.24) is 24.7 Å². The number of carbonyl (C=O) groups excluding carboxylic acids is 2. The topological polar surface area (TPSA) is 70.5 Å². The van der Waals surface area contributed by atoms with Crippen LogP contribution in [0.4, 0.5) is 0 Å². The molecule has 1 aromatic heterocycles. The molecule has 0 saturated carbocycles. The molecule has 38 heavy (non-hydrogen) atoms. The first-order chi connectivity index (χ1) is 18.5. The normalized spacial score (nSPS) is 25.8. The van der Waals surface area contributed by atoms with Crippen molar-refractivity contribution >= 4 is 22.8 Å². The zero-order valence-corrected chi connectivity index (χ0v) is 22.6. The van der Waals surface area contributed by atoms with Gasteiger partial charge in [0.25, 0.3) is 0 Å². The zero-order chi connectivity index (χ0) is 26.2. The largest absolute Gasteiger partial charge is 0.349 e. The van der Waals surface area contributed by atoms with Crippen molar-refractivity contribution in [3.05, 3.63) is 66.0 Å². The van der Waals surface area contributed by atoms with Gasteiger partial charge in [0.15, 0.2) is 0 Å². The van der Waals surface area contributed by atoms with Gasteiger partial charge in [-0.05, 0) is 62.8 Å². The predicted molar refractivity (Wildman–Crippen MR) is 149 cm³/mol. The highest BCUT2D eigenvalue weighted by Crippen LogP contribution is 2.42. The third-order valence-electron chi connectivity index (χ3n) is 9.13. The van der Waals surface area contributed by atoms with Crippen molar-refractivity contribution in [2.75, 3.05) is 26.2 Å². The number of fused-ring (bicyclic) bond motifs is 3. The molecular formula is C31H39N5O2. The number of hydrogen-bond donors (Lipinski definition) is 1. The van der Waals surface area contributed by atoms with Crippen LogP contribution in [0, 0.1) is 18.8 Å². The Morgan fingerprint density at radius 2 is 1.82 bits per heavy atom. The van der Waals surface area contributed by atoms with Crippen molar-refractivity contribution < 1.29 is 9.59 Å². The summed E-state index contributed by atoms with van der Waals surface area (Å²) in [5, 5.41) is 3.35. The minimum Gasteiger partial charge on any atom is -0.349 e. The Morgan fingerprint density at radius 1 is 1.05 bits per heavy atom. The van der Waals surface area contributed by atoms with Crippen molar-refractivity contribution in [1.29, 1.82) is 0 Å². The number of carbonyl (C=O) groups is 2. The van der Waals surface area contributed by atoms with E-state index in [1.165, 1.54) is 23.9 Å². The Labute approximate surface area is 225 Å². The maximum atomic E-state index is 13.1. The summed E-state index contributed by atoms with van der Waals surface area (Å²) < 4.78 is 2.47. The predicted octanol–water partition coefficient (Wildman–Crippen LogP) is 4.49. The Balaban J connectivity index is 1.11. The van der Waals surface area contributed by atoms with Gasteiger partial charge in [0.2, 0.25) is 11.8 Å². The number of amides is 2. The van der Waals surface area contributed by atoms with Crippen LogP contribution in [0.3, 0.4) is 0 Å². The minimum atomic E-state index is -0.0969. The number of rotatable bonds is 8. The molecule has 5 atom stereocenters. The first-order valence-electron chi connectivity index (χ1n) is 14.3. The summed E-state index contributed by atoms with van der Waals surface area (Å²) in [7, 11) is 0. The highest BCUT2D eigenvalue weighted by molar-refractivity contribution is 5.84. The zero-order valence-electron chi connectivity index (χ0n) is 22.6. The molecule has 3 aliphatic rings. The molecule has 200 valence electrons. The molecule has 2 bridgehead atoms. The number of hydrogen-bond acceptors (Lipinski definition) is 4. The highest BCUT2D eigenvalue weighted by atomic mass is 16.2. The molecular weight excluding hydrogens is 474 g/mol. The van der Waals surface area contributed by atoms with Crippen molar-refractivity contribution in [2.45, 2.75) is 64.1 Å². The smallest absolute Gasteiger partial charge is 0.227 e. The van der Waals surface area contributed by atoms with Crippen LogP contribution >= 0.6 is 0 Å². The van der Waals surface area contributed by atoms with E-state index in [4.69, 9.17) is 4.98 Å². The number of piperidine rings is 1. The van der Waals surface area contributed by atoms with E-state index >= 15 is 0 Å². The molecule has 3 saturated heterocycles. The van der Waals surface area contributed by atoms with Crippen LogP contribution in [0.15, 0.2) is 54.6 Å². The molecule has 2 amide bonds. The monoisotopic (exact) mass is 513 g/mol. The van der Waals surface area contributed by atoms with E-state index in [-0.39, 0.29) is 23.8 Å². The Kier molecular flexibility index (Phi) is 6.95. The number of aryl methyl sites for hydroxylation is 1. The summed E-state index contributed by atoms with van der Waals surface area (Å²) in [5.41, 5.74) is 3.50.